The molecule has 0 aromatic heterocycles. The van der Waals surface area contributed by atoms with Crippen molar-refractivity contribution in [3.05, 3.63) is 34.9 Å². The molecule has 7 heteroatoms. The Labute approximate surface area is 134 Å². The molecule has 22 heavy (non-hydrogen) atoms. The van der Waals surface area contributed by atoms with E-state index in [4.69, 9.17) is 16.3 Å². The maximum atomic E-state index is 12.3. The minimum absolute atomic E-state index is 0.147. The maximum Gasteiger partial charge on any atom is 0.312 e. The molecule has 3 unspecified atom stereocenters. The largest absolute Gasteiger partial charge is 0.460 e. The van der Waals surface area contributed by atoms with Gasteiger partial charge in [-0.25, -0.2) is 5.43 Å². The summed E-state index contributed by atoms with van der Waals surface area (Å²) in [5, 5.41) is 3.28. The molecule has 1 aromatic rings. The van der Waals surface area contributed by atoms with E-state index in [1.807, 2.05) is 12.1 Å². The van der Waals surface area contributed by atoms with Gasteiger partial charge in [-0.05, 0) is 24.6 Å². The monoisotopic (exact) mass is 325 g/mol. The second kappa shape index (κ2) is 7.58. The number of rotatable bonds is 5. The van der Waals surface area contributed by atoms with E-state index in [0.717, 1.165) is 5.56 Å². The molecule has 6 nitrogen and oxygen atoms in total. The Balaban J connectivity index is 1.96. The van der Waals surface area contributed by atoms with E-state index in [0.29, 0.717) is 18.1 Å². The Kier molecular flexibility index (Phi) is 5.76. The van der Waals surface area contributed by atoms with Crippen LogP contribution in [0.1, 0.15) is 25.5 Å². The van der Waals surface area contributed by atoms with E-state index < -0.39 is 0 Å². The van der Waals surface area contributed by atoms with Crippen molar-refractivity contribution in [3.63, 3.8) is 0 Å². The molecule has 2 rings (SSSR count). The first-order chi connectivity index (χ1) is 10.5. The summed E-state index contributed by atoms with van der Waals surface area (Å²) >= 11 is 5.88. The highest BCUT2D eigenvalue weighted by molar-refractivity contribution is 6.30. The van der Waals surface area contributed by atoms with E-state index in [-0.39, 0.29) is 29.9 Å². The molecule has 1 aliphatic heterocycles. The number of amides is 1. The zero-order chi connectivity index (χ0) is 16.1. The molecule has 0 aliphatic carbocycles. The van der Waals surface area contributed by atoms with Gasteiger partial charge in [-0.1, -0.05) is 23.7 Å². The number of carbonyl (C=O) groups excluding carboxylic acids is 2. The lowest BCUT2D eigenvalue weighted by Crippen LogP contribution is -2.35. The molecule has 0 radical (unpaired) electrons. The van der Waals surface area contributed by atoms with Gasteiger partial charge < -0.3 is 10.1 Å². The summed E-state index contributed by atoms with van der Waals surface area (Å²) in [6.45, 7) is 3.97. The van der Waals surface area contributed by atoms with Crippen LogP contribution in [0.25, 0.3) is 0 Å². The van der Waals surface area contributed by atoms with Crippen LogP contribution >= 0.6 is 11.6 Å². The number of halogens is 1. The van der Waals surface area contributed by atoms with Gasteiger partial charge in [0.15, 0.2) is 0 Å². The van der Waals surface area contributed by atoms with E-state index >= 15 is 0 Å². The molecule has 3 atom stereocenters. The van der Waals surface area contributed by atoms with Crippen LogP contribution in [-0.4, -0.2) is 31.1 Å². The predicted octanol–water partition coefficient (Wildman–Crippen LogP) is 1.17. The molecule has 1 heterocycles. The summed E-state index contributed by atoms with van der Waals surface area (Å²) in [4.78, 5) is 23.2. The highest BCUT2D eigenvalue weighted by atomic mass is 35.5. The van der Waals surface area contributed by atoms with Gasteiger partial charge >= 0.3 is 5.97 Å². The first kappa shape index (κ1) is 16.7. The van der Waals surface area contributed by atoms with Crippen molar-refractivity contribution in [3.8, 4) is 0 Å². The number of hydrogen-bond acceptors (Lipinski definition) is 5. The van der Waals surface area contributed by atoms with Crippen LogP contribution in [0, 0.1) is 5.92 Å². The molecule has 120 valence electrons. The van der Waals surface area contributed by atoms with Gasteiger partial charge in [-0.15, -0.1) is 0 Å². The van der Waals surface area contributed by atoms with Crippen LogP contribution in [-0.2, 0) is 14.3 Å². The molecular weight excluding hydrogens is 306 g/mol. The third-order valence-corrected chi connectivity index (χ3v) is 3.72. The van der Waals surface area contributed by atoms with Crippen molar-refractivity contribution in [2.75, 3.05) is 13.1 Å². The molecule has 1 fully saturated rings. The normalized spacial score (nSPS) is 22.1. The SMILES string of the molecule is CC(=O)NCC(C)OC(=O)C1CNNC1c1ccc(Cl)cc1. The lowest BCUT2D eigenvalue weighted by Gasteiger charge is -2.20. The van der Waals surface area contributed by atoms with Crippen LogP contribution < -0.4 is 16.2 Å². The highest BCUT2D eigenvalue weighted by Gasteiger charge is 2.35. The third kappa shape index (κ3) is 4.43. The fourth-order valence-electron chi connectivity index (χ4n) is 2.32. The Bertz CT molecular complexity index is 535. The van der Waals surface area contributed by atoms with Gasteiger partial charge in [0.1, 0.15) is 6.10 Å². The average molecular weight is 326 g/mol. The topological polar surface area (TPSA) is 79.5 Å². The number of benzene rings is 1. The van der Waals surface area contributed by atoms with E-state index in [1.54, 1.807) is 19.1 Å². The van der Waals surface area contributed by atoms with Crippen LogP contribution in [0.4, 0.5) is 0 Å². The van der Waals surface area contributed by atoms with Gasteiger partial charge in [0.25, 0.3) is 0 Å². The van der Waals surface area contributed by atoms with Gasteiger partial charge in [0.2, 0.25) is 5.91 Å². The second-order valence-corrected chi connectivity index (χ2v) is 5.78. The zero-order valence-electron chi connectivity index (χ0n) is 12.6. The van der Waals surface area contributed by atoms with Crippen molar-refractivity contribution < 1.29 is 14.3 Å². The van der Waals surface area contributed by atoms with Crippen molar-refractivity contribution in [2.45, 2.75) is 26.0 Å². The Morgan fingerprint density at radius 3 is 2.73 bits per heavy atom. The summed E-state index contributed by atoms with van der Waals surface area (Å²) in [6.07, 6.45) is -0.372. The Morgan fingerprint density at radius 1 is 1.41 bits per heavy atom. The van der Waals surface area contributed by atoms with Gasteiger partial charge in [-0.3, -0.25) is 15.0 Å². The summed E-state index contributed by atoms with van der Waals surface area (Å²) in [7, 11) is 0. The van der Waals surface area contributed by atoms with Crippen molar-refractivity contribution in [2.24, 2.45) is 5.92 Å². The minimum Gasteiger partial charge on any atom is -0.460 e. The molecule has 1 aromatic carbocycles. The Morgan fingerprint density at radius 2 is 2.09 bits per heavy atom. The number of carbonyl (C=O) groups is 2. The second-order valence-electron chi connectivity index (χ2n) is 5.35. The number of hydrogen-bond donors (Lipinski definition) is 3. The smallest absolute Gasteiger partial charge is 0.312 e. The average Bonchev–Trinajstić information content (AvgIpc) is 2.95. The van der Waals surface area contributed by atoms with Gasteiger partial charge in [0, 0.05) is 18.5 Å². The molecule has 1 saturated heterocycles. The molecule has 1 aliphatic rings. The van der Waals surface area contributed by atoms with Crippen LogP contribution in [0.15, 0.2) is 24.3 Å². The molecule has 0 bridgehead atoms. The van der Waals surface area contributed by atoms with E-state index in [2.05, 4.69) is 16.2 Å². The minimum atomic E-state index is -0.372. The van der Waals surface area contributed by atoms with Crippen LogP contribution in [0.5, 0.6) is 0 Å². The first-order valence-electron chi connectivity index (χ1n) is 7.16. The van der Waals surface area contributed by atoms with Crippen LogP contribution in [0.2, 0.25) is 5.02 Å². The van der Waals surface area contributed by atoms with E-state index in [9.17, 15) is 9.59 Å². The predicted molar refractivity (Wildman–Crippen MR) is 83.1 cm³/mol. The summed E-state index contributed by atoms with van der Waals surface area (Å²) in [5.41, 5.74) is 7.03. The molecule has 0 saturated carbocycles. The summed E-state index contributed by atoms with van der Waals surface area (Å²) in [5.74, 6) is -0.776. The molecule has 3 N–H and O–H groups in total. The summed E-state index contributed by atoms with van der Waals surface area (Å²) < 4.78 is 5.40. The number of nitrogens with one attached hydrogen (secondary N) is 3. The highest BCUT2D eigenvalue weighted by Crippen LogP contribution is 2.27. The molecule has 1 amide bonds. The standard InChI is InChI=1S/C15H20ClN3O3/c1-9(7-17-10(2)20)22-15(21)13-8-18-19-14(13)11-3-5-12(16)6-4-11/h3-6,9,13-14,18-19H,7-8H2,1-2H3,(H,17,20). The van der Waals surface area contributed by atoms with Crippen LogP contribution in [0.3, 0.4) is 0 Å². The van der Waals surface area contributed by atoms with Gasteiger partial charge in [-0.2, -0.15) is 0 Å². The van der Waals surface area contributed by atoms with Crippen molar-refractivity contribution in [1.82, 2.24) is 16.2 Å². The van der Waals surface area contributed by atoms with E-state index in [1.165, 1.54) is 6.92 Å². The van der Waals surface area contributed by atoms with Crippen molar-refractivity contribution >= 4 is 23.5 Å². The molecule has 0 spiro atoms. The fourth-order valence-corrected chi connectivity index (χ4v) is 2.44. The quantitative estimate of drug-likeness (QED) is 0.708. The first-order valence-corrected chi connectivity index (χ1v) is 7.54. The fraction of sp³-hybridized carbons (Fsp3) is 0.467. The van der Waals surface area contributed by atoms with Crippen molar-refractivity contribution in [1.29, 1.82) is 0 Å². The number of ether oxygens (including phenoxy) is 1. The number of hydrazine groups is 1. The Hall–Kier alpha value is -1.63. The maximum absolute atomic E-state index is 12.3. The summed E-state index contributed by atoms with van der Waals surface area (Å²) in [6, 6.07) is 7.18. The molecular formula is C15H20ClN3O3. The lowest BCUT2D eigenvalue weighted by molar-refractivity contribution is -0.153. The third-order valence-electron chi connectivity index (χ3n) is 3.47. The lowest BCUT2D eigenvalue weighted by atomic mass is 9.95. The van der Waals surface area contributed by atoms with Gasteiger partial charge in [0.05, 0.1) is 18.5 Å². The number of esters is 1. The zero-order valence-corrected chi connectivity index (χ0v) is 13.3.